The van der Waals surface area contributed by atoms with Gasteiger partial charge in [-0.25, -0.2) is 18.1 Å². The normalized spacial score (nSPS) is 13.0. The number of aromatic nitrogens is 1. The van der Waals surface area contributed by atoms with Gasteiger partial charge in [0.2, 0.25) is 0 Å². The minimum Gasteiger partial charge on any atom is -0.321 e. The Morgan fingerprint density at radius 1 is 1.38 bits per heavy atom. The molecule has 2 aromatic heterocycles. The number of sulfonamides is 1. The maximum absolute atomic E-state index is 12.5. The molecular formula is C13H18N4O2S2. The van der Waals surface area contributed by atoms with E-state index in [-0.39, 0.29) is 16.8 Å². The second-order valence-corrected chi connectivity index (χ2v) is 7.09. The fraction of sp³-hybridized carbons (Fsp3) is 0.308. The summed E-state index contributed by atoms with van der Waals surface area (Å²) in [6.45, 7) is 2.02. The van der Waals surface area contributed by atoms with Crippen LogP contribution in [0.25, 0.3) is 0 Å². The van der Waals surface area contributed by atoms with Gasteiger partial charge in [0.15, 0.2) is 5.03 Å². The SMILES string of the molecule is CCCC(NS(=O)(=O)c1ncccc1NN)c1cccs1. The Hall–Kier alpha value is -1.48. The molecular weight excluding hydrogens is 308 g/mol. The Kier molecular flexibility index (Phi) is 5.29. The minimum absolute atomic E-state index is 0.0924. The lowest BCUT2D eigenvalue weighted by Gasteiger charge is -2.17. The van der Waals surface area contributed by atoms with Crippen molar-refractivity contribution in [3.8, 4) is 0 Å². The summed E-state index contributed by atoms with van der Waals surface area (Å²) in [4.78, 5) is 4.91. The minimum atomic E-state index is -3.75. The number of nitrogen functional groups attached to an aromatic ring is 1. The van der Waals surface area contributed by atoms with Gasteiger partial charge in [0, 0.05) is 11.1 Å². The summed E-state index contributed by atoms with van der Waals surface area (Å²) in [5, 5.41) is 1.84. The van der Waals surface area contributed by atoms with Crippen molar-refractivity contribution in [1.29, 1.82) is 0 Å². The lowest BCUT2D eigenvalue weighted by atomic mass is 10.1. The van der Waals surface area contributed by atoms with Crippen molar-refractivity contribution in [2.45, 2.75) is 30.8 Å². The number of hydrazine groups is 1. The lowest BCUT2D eigenvalue weighted by Crippen LogP contribution is -2.30. The number of nitrogens with one attached hydrogen (secondary N) is 2. The summed E-state index contributed by atoms with van der Waals surface area (Å²) in [6, 6.07) is 6.77. The third-order valence-electron chi connectivity index (χ3n) is 2.94. The summed E-state index contributed by atoms with van der Waals surface area (Å²) in [7, 11) is -3.75. The summed E-state index contributed by atoms with van der Waals surface area (Å²) < 4.78 is 27.8. The van der Waals surface area contributed by atoms with Crippen LogP contribution in [0, 0.1) is 0 Å². The zero-order valence-corrected chi connectivity index (χ0v) is 13.2. The molecule has 1 atom stereocenters. The smallest absolute Gasteiger partial charge is 0.260 e. The highest BCUT2D eigenvalue weighted by Gasteiger charge is 2.25. The van der Waals surface area contributed by atoms with Crippen LogP contribution >= 0.6 is 11.3 Å². The van der Waals surface area contributed by atoms with Gasteiger partial charge in [0.05, 0.1) is 11.7 Å². The third kappa shape index (κ3) is 3.79. The number of rotatable bonds is 7. The first-order valence-electron chi connectivity index (χ1n) is 6.56. The number of anilines is 1. The van der Waals surface area contributed by atoms with Gasteiger partial charge in [-0.3, -0.25) is 5.84 Å². The molecule has 0 fully saturated rings. The van der Waals surface area contributed by atoms with Crippen LogP contribution < -0.4 is 16.0 Å². The fourth-order valence-corrected chi connectivity index (χ4v) is 4.23. The van der Waals surface area contributed by atoms with Gasteiger partial charge in [-0.2, -0.15) is 0 Å². The summed E-state index contributed by atoms with van der Waals surface area (Å²) in [5.74, 6) is 5.35. The van der Waals surface area contributed by atoms with E-state index in [1.807, 2.05) is 24.4 Å². The predicted octanol–water partition coefficient (Wildman–Crippen LogP) is 2.25. The Morgan fingerprint density at radius 2 is 2.19 bits per heavy atom. The summed E-state index contributed by atoms with van der Waals surface area (Å²) in [5.41, 5.74) is 2.63. The molecule has 6 nitrogen and oxygen atoms in total. The Balaban J connectivity index is 2.30. The summed E-state index contributed by atoms with van der Waals surface area (Å²) in [6.07, 6.45) is 3.02. The topological polar surface area (TPSA) is 97.1 Å². The van der Waals surface area contributed by atoms with E-state index < -0.39 is 10.0 Å². The Morgan fingerprint density at radius 3 is 2.81 bits per heavy atom. The molecule has 2 heterocycles. The molecule has 0 aliphatic rings. The van der Waals surface area contributed by atoms with Crippen LogP contribution in [0.4, 0.5) is 5.69 Å². The molecule has 21 heavy (non-hydrogen) atoms. The number of pyridine rings is 1. The van der Waals surface area contributed by atoms with Gasteiger partial charge >= 0.3 is 0 Å². The molecule has 1 unspecified atom stereocenters. The molecule has 0 spiro atoms. The van der Waals surface area contributed by atoms with Gasteiger partial charge in [0.25, 0.3) is 10.0 Å². The number of thiophene rings is 1. The van der Waals surface area contributed by atoms with Crippen LogP contribution in [-0.2, 0) is 10.0 Å². The molecule has 2 rings (SSSR count). The molecule has 2 aromatic rings. The molecule has 0 aliphatic carbocycles. The van der Waals surface area contributed by atoms with Crippen LogP contribution in [0.1, 0.15) is 30.7 Å². The first kappa shape index (κ1) is 15.9. The van der Waals surface area contributed by atoms with Gasteiger partial charge < -0.3 is 5.43 Å². The quantitative estimate of drug-likeness (QED) is 0.535. The van der Waals surface area contributed by atoms with E-state index in [2.05, 4.69) is 15.1 Å². The van der Waals surface area contributed by atoms with Crippen LogP contribution in [0.3, 0.4) is 0 Å². The van der Waals surface area contributed by atoms with Crippen molar-refractivity contribution in [1.82, 2.24) is 9.71 Å². The van der Waals surface area contributed by atoms with Gasteiger partial charge in [0.1, 0.15) is 0 Å². The first-order chi connectivity index (χ1) is 10.1. The van der Waals surface area contributed by atoms with Gasteiger partial charge in [-0.05, 0) is 30.0 Å². The number of hydrogen-bond donors (Lipinski definition) is 3. The van der Waals surface area contributed by atoms with E-state index >= 15 is 0 Å². The lowest BCUT2D eigenvalue weighted by molar-refractivity contribution is 0.537. The fourth-order valence-electron chi connectivity index (χ4n) is 2.00. The molecule has 0 saturated carbocycles. The monoisotopic (exact) mass is 326 g/mol. The standard InChI is InChI=1S/C13H18N4O2S2/c1-2-5-10(12-7-4-9-20-12)17-21(18,19)13-11(16-14)6-3-8-15-13/h3-4,6-10,16-17H,2,5,14H2,1H3. The van der Waals surface area contributed by atoms with Crippen molar-refractivity contribution in [2.24, 2.45) is 5.84 Å². The van der Waals surface area contributed by atoms with E-state index in [9.17, 15) is 8.42 Å². The van der Waals surface area contributed by atoms with E-state index in [1.54, 1.807) is 12.1 Å². The number of nitrogens with two attached hydrogens (primary N) is 1. The largest absolute Gasteiger partial charge is 0.321 e. The maximum Gasteiger partial charge on any atom is 0.260 e. The third-order valence-corrected chi connectivity index (χ3v) is 5.36. The zero-order valence-electron chi connectivity index (χ0n) is 11.6. The van der Waals surface area contributed by atoms with E-state index in [1.165, 1.54) is 17.5 Å². The first-order valence-corrected chi connectivity index (χ1v) is 8.92. The van der Waals surface area contributed by atoms with Crippen LogP contribution in [0.5, 0.6) is 0 Å². The van der Waals surface area contributed by atoms with Crippen molar-refractivity contribution in [3.63, 3.8) is 0 Å². The second kappa shape index (κ2) is 6.99. The van der Waals surface area contributed by atoms with E-state index in [0.717, 1.165) is 17.7 Å². The maximum atomic E-state index is 12.5. The molecule has 114 valence electrons. The van der Waals surface area contributed by atoms with Gasteiger partial charge in [-0.15, -0.1) is 11.3 Å². The van der Waals surface area contributed by atoms with Crippen molar-refractivity contribution in [2.75, 3.05) is 5.43 Å². The van der Waals surface area contributed by atoms with Crippen molar-refractivity contribution in [3.05, 3.63) is 40.7 Å². The average Bonchev–Trinajstić information content (AvgIpc) is 3.01. The van der Waals surface area contributed by atoms with E-state index in [4.69, 9.17) is 5.84 Å². The van der Waals surface area contributed by atoms with Crippen molar-refractivity contribution >= 4 is 27.0 Å². The highest BCUT2D eigenvalue weighted by molar-refractivity contribution is 7.89. The zero-order chi connectivity index (χ0) is 15.3. The molecule has 0 bridgehead atoms. The summed E-state index contributed by atoms with van der Waals surface area (Å²) >= 11 is 1.53. The van der Waals surface area contributed by atoms with Gasteiger partial charge in [-0.1, -0.05) is 19.4 Å². The Labute approximate surface area is 128 Å². The molecule has 0 aliphatic heterocycles. The molecule has 0 amide bonds. The Bertz CT molecular complexity index is 671. The second-order valence-electron chi connectivity index (χ2n) is 4.48. The molecule has 0 radical (unpaired) electrons. The molecule has 4 N–H and O–H groups in total. The highest BCUT2D eigenvalue weighted by Crippen LogP contribution is 2.26. The van der Waals surface area contributed by atoms with Crippen molar-refractivity contribution < 1.29 is 8.42 Å². The predicted molar refractivity (Wildman–Crippen MR) is 84.3 cm³/mol. The molecule has 0 aromatic carbocycles. The molecule has 0 saturated heterocycles. The number of hydrogen-bond acceptors (Lipinski definition) is 6. The number of nitrogens with zero attached hydrogens (tertiary/aromatic N) is 1. The van der Waals surface area contributed by atoms with Crippen LogP contribution in [-0.4, -0.2) is 13.4 Å². The average molecular weight is 326 g/mol. The highest BCUT2D eigenvalue weighted by atomic mass is 32.2. The molecule has 8 heteroatoms. The van der Waals surface area contributed by atoms with Crippen LogP contribution in [0.15, 0.2) is 40.9 Å². The van der Waals surface area contributed by atoms with E-state index in [0.29, 0.717) is 0 Å². The van der Waals surface area contributed by atoms with Crippen LogP contribution in [0.2, 0.25) is 0 Å².